The Morgan fingerprint density at radius 1 is 1.03 bits per heavy atom. The van der Waals surface area contributed by atoms with E-state index in [-0.39, 0.29) is 47.6 Å². The number of aliphatic hydroxyl groups excluding tert-OH is 1. The molecule has 0 saturated carbocycles. The second-order valence-corrected chi connectivity index (χ2v) is 16.6. The molecule has 3 aromatic heterocycles. The number of hydrogen-bond acceptors (Lipinski definition) is 18. The number of nitrogens with zero attached hydrogens (tertiary/aromatic N) is 6. The van der Waals surface area contributed by atoms with E-state index in [0.717, 1.165) is 41.5 Å². The summed E-state index contributed by atoms with van der Waals surface area (Å²) in [5, 5.41) is 14.1. The number of nitrogens with two attached hydrogens (primary N) is 2. The molecule has 1 unspecified atom stereocenters. The molecule has 1 aromatic carbocycles. The second kappa shape index (κ2) is 19.3. The molecule has 0 bridgehead atoms. The van der Waals surface area contributed by atoms with Crippen LogP contribution in [-0.4, -0.2) is 111 Å². The van der Waals surface area contributed by atoms with E-state index in [1.165, 1.54) is 22.9 Å². The van der Waals surface area contributed by atoms with Gasteiger partial charge in [0.15, 0.2) is 23.8 Å². The lowest BCUT2D eigenvalue weighted by Crippen LogP contribution is -2.47. The Hall–Kier alpha value is -5.18. The number of phosphoric ester groups is 2. The number of allylic oxidation sites excluding steroid dienone is 1. The Labute approximate surface area is 352 Å². The molecule has 0 spiro atoms. The first-order valence-corrected chi connectivity index (χ1v) is 21.5. The van der Waals surface area contributed by atoms with Crippen LogP contribution >= 0.6 is 15.6 Å². The minimum atomic E-state index is -5.31. The number of carbonyl (C=O) groups excluding carboxylic acids is 2. The van der Waals surface area contributed by atoms with Crippen LogP contribution in [0, 0.1) is 0 Å². The largest absolute Gasteiger partial charge is 0.472 e. The first-order chi connectivity index (χ1) is 29.6. The summed E-state index contributed by atoms with van der Waals surface area (Å²) < 4.78 is 99.5. The van der Waals surface area contributed by atoms with E-state index in [0.29, 0.717) is 0 Å². The number of benzene rings is 1. The maximum Gasteiger partial charge on any atom is 0.472 e. The number of phosphoric acid groups is 2. The summed E-state index contributed by atoms with van der Waals surface area (Å²) in [6.45, 7) is 1.66. The Kier molecular flexibility index (Phi) is 14.5. The number of fused-ring (bicyclic) bond motifs is 1. The highest BCUT2D eigenvalue weighted by Crippen LogP contribution is 2.50. The summed E-state index contributed by atoms with van der Waals surface area (Å²) >= 11 is 0. The van der Waals surface area contributed by atoms with Crippen molar-refractivity contribution in [2.45, 2.75) is 80.9 Å². The van der Waals surface area contributed by atoms with Gasteiger partial charge in [-0.05, 0) is 30.2 Å². The molecule has 342 valence electrons. The lowest BCUT2D eigenvalue weighted by atomic mass is 10.0. The van der Waals surface area contributed by atoms with Crippen molar-refractivity contribution in [1.29, 1.82) is 0 Å². The molecule has 2 aliphatic heterocycles. The number of aliphatic hydroxyl groups is 1. The smallest absolute Gasteiger partial charge is 0.455 e. The predicted octanol–water partition coefficient (Wildman–Crippen LogP) is 1.03. The van der Waals surface area contributed by atoms with Gasteiger partial charge in [0.2, 0.25) is 5.91 Å². The molecule has 24 nitrogen and oxygen atoms in total. The number of halogens is 3. The van der Waals surface area contributed by atoms with Crippen LogP contribution in [-0.2, 0) is 59.1 Å². The van der Waals surface area contributed by atoms with Gasteiger partial charge in [-0.15, -0.1) is 6.58 Å². The van der Waals surface area contributed by atoms with Gasteiger partial charge in [-0.1, -0.05) is 18.2 Å². The maximum atomic E-state index is 13.9. The lowest BCUT2D eigenvalue weighted by molar-refractivity contribution is -0.160. The quantitative estimate of drug-likeness (QED) is 0.0416. The van der Waals surface area contributed by atoms with Gasteiger partial charge in [-0.2, -0.15) is 18.2 Å². The van der Waals surface area contributed by atoms with Crippen LogP contribution in [0.15, 0.2) is 66.6 Å². The van der Waals surface area contributed by atoms with E-state index < -0.39 is 114 Å². The lowest BCUT2D eigenvalue weighted by Gasteiger charge is -2.25. The van der Waals surface area contributed by atoms with E-state index in [2.05, 4.69) is 36.4 Å². The number of aromatic nitrogens is 6. The predicted molar refractivity (Wildman–Crippen MR) is 206 cm³/mol. The van der Waals surface area contributed by atoms with Crippen LogP contribution in [0.1, 0.15) is 42.8 Å². The van der Waals surface area contributed by atoms with Crippen molar-refractivity contribution in [3.63, 3.8) is 0 Å². The number of rotatable bonds is 18. The highest BCUT2D eigenvalue weighted by atomic mass is 31.2. The minimum absolute atomic E-state index is 0.0405. The van der Waals surface area contributed by atoms with Crippen molar-refractivity contribution >= 4 is 50.3 Å². The molecule has 2 saturated heterocycles. The number of anilines is 2. The molecule has 9 N–H and O–H groups in total. The summed E-state index contributed by atoms with van der Waals surface area (Å²) in [6.07, 6.45) is -11.6. The zero-order valence-electron chi connectivity index (χ0n) is 32.4. The van der Waals surface area contributed by atoms with E-state index >= 15 is 0 Å². The van der Waals surface area contributed by atoms with Crippen LogP contribution in [0.5, 0.6) is 0 Å². The number of ether oxygens (including phenoxy) is 3. The number of nitrogens with one attached hydrogen (secondary N) is 1. The molecular formula is C34H40F3N9O15P2. The van der Waals surface area contributed by atoms with Crippen molar-refractivity contribution in [3.05, 3.63) is 83.4 Å². The fourth-order valence-corrected chi connectivity index (χ4v) is 7.88. The average Bonchev–Trinajstić information content (AvgIpc) is 3.90. The Balaban J connectivity index is 1.25. The summed E-state index contributed by atoms with van der Waals surface area (Å²) in [6, 6.07) is 3.44. The van der Waals surface area contributed by atoms with E-state index in [4.69, 9.17) is 34.7 Å². The Morgan fingerprint density at radius 2 is 1.75 bits per heavy atom. The number of imidazole rings is 1. The van der Waals surface area contributed by atoms with Gasteiger partial charge in [0.25, 0.3) is 0 Å². The summed E-state index contributed by atoms with van der Waals surface area (Å²) in [4.78, 5) is 84.5. The van der Waals surface area contributed by atoms with Gasteiger partial charge < -0.3 is 50.8 Å². The van der Waals surface area contributed by atoms with Gasteiger partial charge in [0.1, 0.15) is 54.3 Å². The van der Waals surface area contributed by atoms with Gasteiger partial charge in [-0.3, -0.25) is 27.5 Å². The van der Waals surface area contributed by atoms with E-state index in [1.807, 2.05) is 0 Å². The number of amides is 1. The Morgan fingerprint density at radius 3 is 2.41 bits per heavy atom. The standard InChI is InChI=1S/C34H40F3N9O15P2/c1-2-3-4-24(47)43-19(11-17-5-7-18(8-6-17)34(35,36)37)32(49)60-28-22(59-31(27(28)48)46-16-42-26-29(39)40-15-41-30(26)46)14-57-63(54,55)61-20-12-25(45-10-9-23(38)44-33(45)50)58-21(20)13-56-62(51,52)53/h2,5-10,15-16,19-22,25,27-28,31,48H,1,3-4,11-14H2,(H,43,47)(H,54,55)(H2,38,44,50)(H2,39,40,41)(H2,51,52,53)/t19-,20-,21+,22+,25+,27+,28+,31+/m0/s1. The van der Waals surface area contributed by atoms with Crippen molar-refractivity contribution in [2.24, 2.45) is 0 Å². The molecule has 2 aliphatic rings. The molecule has 0 radical (unpaired) electrons. The fraction of sp³-hybridized carbons (Fsp3) is 0.441. The fourth-order valence-electron chi connectivity index (χ4n) is 6.58. The monoisotopic (exact) mass is 933 g/mol. The van der Waals surface area contributed by atoms with Crippen LogP contribution in [0.25, 0.3) is 11.2 Å². The third kappa shape index (κ3) is 11.9. The summed E-state index contributed by atoms with van der Waals surface area (Å²) in [5.41, 5.74) is 9.90. The molecule has 9 atom stereocenters. The Bertz CT molecular complexity index is 2460. The SMILES string of the molecule is C=CCCC(=O)N[C@@H](Cc1ccc(C(F)(F)F)cc1)C(=O)O[C@H]1[C@@H](O)[C@H](n2cnc3c(N)ncnc32)O[C@@H]1COP(=O)(O)O[C@H]1C[C@H](n2ccc(N)nc2=O)O[C@@H]1COP(=O)(O)O. The van der Waals surface area contributed by atoms with Gasteiger partial charge in [-0.25, -0.2) is 33.7 Å². The maximum absolute atomic E-state index is 13.9. The molecule has 63 heavy (non-hydrogen) atoms. The minimum Gasteiger partial charge on any atom is -0.455 e. The molecule has 2 fully saturated rings. The normalized spacial score (nSPS) is 24.2. The molecule has 5 heterocycles. The third-order valence-electron chi connectivity index (χ3n) is 9.56. The van der Waals surface area contributed by atoms with E-state index in [9.17, 15) is 56.5 Å². The topological polar surface area (TPSA) is 347 Å². The third-order valence-corrected chi connectivity index (χ3v) is 11.1. The molecule has 4 aromatic rings. The first-order valence-electron chi connectivity index (χ1n) is 18.5. The van der Waals surface area contributed by atoms with Crippen LogP contribution in [0.2, 0.25) is 0 Å². The number of hydrogen-bond donors (Lipinski definition) is 7. The zero-order valence-corrected chi connectivity index (χ0v) is 34.2. The molecule has 29 heteroatoms. The van der Waals surface area contributed by atoms with Crippen LogP contribution < -0.4 is 22.5 Å². The summed E-state index contributed by atoms with van der Waals surface area (Å²) in [5.74, 6) is -2.06. The second-order valence-electron chi connectivity index (χ2n) is 14.0. The highest BCUT2D eigenvalue weighted by Gasteiger charge is 2.50. The van der Waals surface area contributed by atoms with Crippen LogP contribution in [0.3, 0.4) is 0 Å². The van der Waals surface area contributed by atoms with Crippen LogP contribution in [0.4, 0.5) is 24.8 Å². The zero-order chi connectivity index (χ0) is 45.9. The highest BCUT2D eigenvalue weighted by molar-refractivity contribution is 7.47. The number of carbonyl (C=O) groups is 2. The van der Waals surface area contributed by atoms with Gasteiger partial charge in [0.05, 0.1) is 25.1 Å². The molecule has 0 aliphatic carbocycles. The van der Waals surface area contributed by atoms with Gasteiger partial charge >= 0.3 is 33.5 Å². The molecule has 1 amide bonds. The molecular weight excluding hydrogens is 893 g/mol. The molecule has 6 rings (SSSR count). The first kappa shape index (κ1) is 47.3. The van der Waals surface area contributed by atoms with Gasteiger partial charge in [0, 0.05) is 25.5 Å². The van der Waals surface area contributed by atoms with Crippen molar-refractivity contribution < 1.29 is 79.5 Å². The van der Waals surface area contributed by atoms with Crippen molar-refractivity contribution in [3.8, 4) is 0 Å². The number of alkyl halides is 3. The van der Waals surface area contributed by atoms with Crippen molar-refractivity contribution in [1.82, 2.24) is 34.4 Å². The summed E-state index contributed by atoms with van der Waals surface area (Å²) in [7, 11) is -10.4. The number of esters is 1. The average molecular weight is 934 g/mol. The number of nitrogen functional groups attached to an aromatic ring is 2. The van der Waals surface area contributed by atoms with Crippen molar-refractivity contribution in [2.75, 3.05) is 24.7 Å². The van der Waals surface area contributed by atoms with E-state index in [1.54, 1.807) is 0 Å².